The van der Waals surface area contributed by atoms with E-state index < -0.39 is 0 Å². The highest BCUT2D eigenvalue weighted by Gasteiger charge is 1.90. The van der Waals surface area contributed by atoms with Crippen molar-refractivity contribution in [2.45, 2.75) is 19.4 Å². The number of allylic oxidation sites excluding steroid dienone is 1. The van der Waals surface area contributed by atoms with Gasteiger partial charge in [-0.3, -0.25) is 0 Å². The van der Waals surface area contributed by atoms with Gasteiger partial charge in [-0.2, -0.15) is 0 Å². The summed E-state index contributed by atoms with van der Waals surface area (Å²) < 4.78 is 0. The first-order valence-electron chi connectivity index (χ1n) is 2.73. The molecule has 0 aliphatic heterocycles. The Morgan fingerprint density at radius 1 is 1.75 bits per heavy atom. The minimum atomic E-state index is -0.336. The number of rotatable bonds is 3. The first kappa shape index (κ1) is 7.44. The number of hydrogen-bond acceptors (Lipinski definition) is 1. The summed E-state index contributed by atoms with van der Waals surface area (Å²) in [4.78, 5) is 0. The van der Waals surface area contributed by atoms with Gasteiger partial charge in [0, 0.05) is 0 Å². The Bertz CT molecular complexity index is 84.4. The Morgan fingerprint density at radius 3 is 2.75 bits per heavy atom. The predicted octanol–water partition coefficient (Wildman–Crippen LogP) is 1.50. The predicted molar refractivity (Wildman–Crippen MR) is 35.6 cm³/mol. The zero-order valence-corrected chi connectivity index (χ0v) is 5.17. The van der Waals surface area contributed by atoms with Gasteiger partial charge >= 0.3 is 0 Å². The molecule has 0 rings (SSSR count). The molecule has 0 amide bonds. The van der Waals surface area contributed by atoms with E-state index in [4.69, 9.17) is 5.11 Å². The smallest absolute Gasteiger partial charge is 0.0755 e. The lowest BCUT2D eigenvalue weighted by molar-refractivity contribution is 0.227. The quantitative estimate of drug-likeness (QED) is 0.548. The highest BCUT2D eigenvalue weighted by molar-refractivity contribution is 4.89. The molecule has 46 valence electrons. The SMILES string of the molecule is C=CCC(O)/C=C/C. The molecule has 1 heteroatoms. The lowest BCUT2D eigenvalue weighted by Gasteiger charge is -1.96. The fourth-order valence-electron chi connectivity index (χ4n) is 0.471. The largest absolute Gasteiger partial charge is 0.389 e. The molecule has 0 aromatic rings. The van der Waals surface area contributed by atoms with Crippen molar-refractivity contribution in [3.8, 4) is 0 Å². The van der Waals surface area contributed by atoms with Gasteiger partial charge in [-0.05, 0) is 13.3 Å². The van der Waals surface area contributed by atoms with Crippen molar-refractivity contribution in [3.63, 3.8) is 0 Å². The van der Waals surface area contributed by atoms with E-state index in [1.54, 1.807) is 12.2 Å². The van der Waals surface area contributed by atoms with Crippen LogP contribution in [-0.4, -0.2) is 11.2 Å². The molecule has 1 N–H and O–H groups in total. The third-order valence-electron chi connectivity index (χ3n) is 0.823. The Labute approximate surface area is 50.3 Å². The highest BCUT2D eigenvalue weighted by atomic mass is 16.3. The number of hydrogen-bond donors (Lipinski definition) is 1. The zero-order valence-electron chi connectivity index (χ0n) is 5.17. The van der Waals surface area contributed by atoms with Gasteiger partial charge in [0.15, 0.2) is 0 Å². The summed E-state index contributed by atoms with van der Waals surface area (Å²) in [5, 5.41) is 8.89. The molecule has 0 aromatic carbocycles. The molecule has 1 nitrogen and oxygen atoms in total. The Hall–Kier alpha value is -0.560. The second-order valence-electron chi connectivity index (χ2n) is 1.62. The van der Waals surface area contributed by atoms with E-state index in [1.165, 1.54) is 0 Å². The van der Waals surface area contributed by atoms with Gasteiger partial charge < -0.3 is 5.11 Å². The van der Waals surface area contributed by atoms with Crippen LogP contribution in [0.1, 0.15) is 13.3 Å². The lowest BCUT2D eigenvalue weighted by atomic mass is 10.2. The van der Waals surface area contributed by atoms with E-state index in [-0.39, 0.29) is 6.10 Å². The van der Waals surface area contributed by atoms with Crippen molar-refractivity contribution in [1.29, 1.82) is 0 Å². The van der Waals surface area contributed by atoms with Crippen LogP contribution in [0.25, 0.3) is 0 Å². The van der Waals surface area contributed by atoms with E-state index in [9.17, 15) is 0 Å². The molecule has 0 radical (unpaired) electrons. The normalized spacial score (nSPS) is 14.2. The summed E-state index contributed by atoms with van der Waals surface area (Å²) in [5.74, 6) is 0. The monoisotopic (exact) mass is 112 g/mol. The third kappa shape index (κ3) is 3.62. The second kappa shape index (κ2) is 4.60. The molecular weight excluding hydrogens is 100 g/mol. The third-order valence-corrected chi connectivity index (χ3v) is 0.823. The van der Waals surface area contributed by atoms with Crippen molar-refractivity contribution in [2.75, 3.05) is 0 Å². The average Bonchev–Trinajstić information content (AvgIpc) is 1.68. The Morgan fingerprint density at radius 2 is 2.38 bits per heavy atom. The first-order valence-corrected chi connectivity index (χ1v) is 2.73. The summed E-state index contributed by atoms with van der Waals surface area (Å²) >= 11 is 0. The minimum Gasteiger partial charge on any atom is -0.389 e. The molecule has 0 heterocycles. The van der Waals surface area contributed by atoms with Gasteiger partial charge in [0.05, 0.1) is 6.10 Å². The maximum atomic E-state index is 8.89. The van der Waals surface area contributed by atoms with Gasteiger partial charge in [-0.15, -0.1) is 6.58 Å². The fraction of sp³-hybridized carbons (Fsp3) is 0.429. The Balaban J connectivity index is 3.31. The summed E-state index contributed by atoms with van der Waals surface area (Å²) in [6.45, 7) is 5.37. The van der Waals surface area contributed by atoms with E-state index in [0.29, 0.717) is 6.42 Å². The van der Waals surface area contributed by atoms with Crippen molar-refractivity contribution >= 4 is 0 Å². The molecule has 0 bridgehead atoms. The van der Waals surface area contributed by atoms with Crippen LogP contribution in [-0.2, 0) is 0 Å². The molecule has 0 spiro atoms. The fourth-order valence-corrected chi connectivity index (χ4v) is 0.471. The first-order chi connectivity index (χ1) is 3.81. The van der Waals surface area contributed by atoms with Crippen LogP contribution in [0.5, 0.6) is 0 Å². The average molecular weight is 112 g/mol. The van der Waals surface area contributed by atoms with Crippen LogP contribution in [0.2, 0.25) is 0 Å². The van der Waals surface area contributed by atoms with Gasteiger partial charge in [0.25, 0.3) is 0 Å². The maximum Gasteiger partial charge on any atom is 0.0755 e. The van der Waals surface area contributed by atoms with Crippen molar-refractivity contribution in [1.82, 2.24) is 0 Å². The van der Waals surface area contributed by atoms with Crippen molar-refractivity contribution in [2.24, 2.45) is 0 Å². The maximum absolute atomic E-state index is 8.89. The van der Waals surface area contributed by atoms with Crippen LogP contribution in [0, 0.1) is 0 Å². The Kier molecular flexibility index (Phi) is 4.27. The molecule has 0 fully saturated rings. The van der Waals surface area contributed by atoms with Crippen LogP contribution in [0.4, 0.5) is 0 Å². The minimum absolute atomic E-state index is 0.336. The molecule has 0 aliphatic carbocycles. The van der Waals surface area contributed by atoms with Gasteiger partial charge in [-0.25, -0.2) is 0 Å². The second-order valence-corrected chi connectivity index (χ2v) is 1.62. The van der Waals surface area contributed by atoms with E-state index in [0.717, 1.165) is 0 Å². The highest BCUT2D eigenvalue weighted by Crippen LogP contribution is 1.92. The molecule has 0 saturated heterocycles. The molecule has 1 atom stereocenters. The number of aliphatic hydroxyl groups is 1. The van der Waals surface area contributed by atoms with Crippen LogP contribution >= 0.6 is 0 Å². The summed E-state index contributed by atoms with van der Waals surface area (Å²) in [7, 11) is 0. The van der Waals surface area contributed by atoms with Gasteiger partial charge in [0.2, 0.25) is 0 Å². The zero-order chi connectivity index (χ0) is 6.41. The van der Waals surface area contributed by atoms with Crippen LogP contribution in [0.3, 0.4) is 0 Å². The standard InChI is InChI=1S/C7H12O/c1-3-5-7(8)6-4-2/h3-4,6-8H,1,5H2,2H3/b6-4+. The molecule has 0 aromatic heterocycles. The molecular formula is C7H12O. The summed E-state index contributed by atoms with van der Waals surface area (Å²) in [6, 6.07) is 0. The van der Waals surface area contributed by atoms with E-state index in [2.05, 4.69) is 6.58 Å². The molecule has 1 unspecified atom stereocenters. The van der Waals surface area contributed by atoms with Crippen molar-refractivity contribution in [3.05, 3.63) is 24.8 Å². The van der Waals surface area contributed by atoms with Crippen LogP contribution < -0.4 is 0 Å². The van der Waals surface area contributed by atoms with Crippen LogP contribution in [0.15, 0.2) is 24.8 Å². The molecule has 8 heavy (non-hydrogen) atoms. The lowest BCUT2D eigenvalue weighted by Crippen LogP contribution is -1.97. The van der Waals surface area contributed by atoms with Gasteiger partial charge in [0.1, 0.15) is 0 Å². The molecule has 0 saturated carbocycles. The van der Waals surface area contributed by atoms with E-state index >= 15 is 0 Å². The van der Waals surface area contributed by atoms with E-state index in [1.807, 2.05) is 13.0 Å². The van der Waals surface area contributed by atoms with Crippen molar-refractivity contribution < 1.29 is 5.11 Å². The summed E-state index contributed by atoms with van der Waals surface area (Å²) in [6.07, 6.45) is 5.57. The summed E-state index contributed by atoms with van der Waals surface area (Å²) in [5.41, 5.74) is 0. The number of aliphatic hydroxyl groups excluding tert-OH is 1. The topological polar surface area (TPSA) is 20.2 Å². The molecule has 0 aliphatic rings. The van der Waals surface area contributed by atoms with Gasteiger partial charge in [-0.1, -0.05) is 18.2 Å².